The molecule has 0 bridgehead atoms. The van der Waals surface area contributed by atoms with Crippen LogP contribution in [-0.2, 0) is 19.5 Å². The van der Waals surface area contributed by atoms with E-state index < -0.39 is 0 Å². The smallest absolute Gasteiger partial charge is 0.191 e. The van der Waals surface area contributed by atoms with E-state index in [0.29, 0.717) is 6.04 Å². The molecule has 1 aromatic carbocycles. The second-order valence-corrected chi connectivity index (χ2v) is 8.03. The van der Waals surface area contributed by atoms with Gasteiger partial charge in [0.25, 0.3) is 0 Å². The van der Waals surface area contributed by atoms with Gasteiger partial charge in [-0.2, -0.15) is 0 Å². The molecule has 142 valence electrons. The molecule has 6 heteroatoms. The number of fused-ring (bicyclic) bond motifs is 1. The zero-order valence-electron chi connectivity index (χ0n) is 15.8. The van der Waals surface area contributed by atoms with Crippen LogP contribution in [0.4, 0.5) is 0 Å². The fourth-order valence-corrected chi connectivity index (χ4v) is 4.07. The van der Waals surface area contributed by atoms with Crippen LogP contribution in [0.15, 0.2) is 41.4 Å². The van der Waals surface area contributed by atoms with Crippen LogP contribution in [-0.4, -0.2) is 37.0 Å². The molecular weight excluding hydrogens is 455 g/mol. The summed E-state index contributed by atoms with van der Waals surface area (Å²) in [4.78, 5) is 9.57. The van der Waals surface area contributed by atoms with E-state index in [1.807, 2.05) is 18.4 Å². The van der Waals surface area contributed by atoms with Gasteiger partial charge in [-0.05, 0) is 43.5 Å². The van der Waals surface area contributed by atoms with Gasteiger partial charge in [0.05, 0.1) is 6.54 Å². The average Bonchev–Trinajstić information content (AvgIpc) is 3.06. The fourth-order valence-electron chi connectivity index (χ4n) is 3.24. The number of hydrogen-bond acceptors (Lipinski definition) is 3. The standard InChI is InChI=1S/C20H28N4S.HI/c1-15(24-11-10-17-6-4-5-7-18(17)14-24)12-22-20(21-3)23-13-19-9-8-16(2)25-19;/h4-9,15H,10-14H2,1-3H3,(H2,21,22,23);1H. The van der Waals surface area contributed by atoms with Gasteiger partial charge in [-0.1, -0.05) is 24.3 Å². The van der Waals surface area contributed by atoms with Crippen LogP contribution in [0.2, 0.25) is 0 Å². The number of guanidine groups is 1. The third kappa shape index (κ3) is 5.69. The maximum atomic E-state index is 4.34. The number of nitrogens with one attached hydrogen (secondary N) is 2. The predicted molar refractivity (Wildman–Crippen MR) is 123 cm³/mol. The maximum Gasteiger partial charge on any atom is 0.191 e. The Morgan fingerprint density at radius 1 is 1.19 bits per heavy atom. The predicted octanol–water partition coefficient (Wildman–Crippen LogP) is 3.79. The number of benzene rings is 1. The largest absolute Gasteiger partial charge is 0.355 e. The molecule has 3 rings (SSSR count). The molecule has 0 spiro atoms. The Bertz CT molecular complexity index is 728. The fraction of sp³-hybridized carbons (Fsp3) is 0.450. The number of nitrogens with zero attached hydrogens (tertiary/aromatic N) is 2. The minimum Gasteiger partial charge on any atom is -0.355 e. The van der Waals surface area contributed by atoms with Crippen molar-refractivity contribution in [1.29, 1.82) is 0 Å². The van der Waals surface area contributed by atoms with E-state index in [9.17, 15) is 0 Å². The molecule has 4 nitrogen and oxygen atoms in total. The minimum atomic E-state index is 0. The van der Waals surface area contributed by atoms with Crippen LogP contribution in [0.1, 0.15) is 27.8 Å². The van der Waals surface area contributed by atoms with Crippen LogP contribution in [0, 0.1) is 6.92 Å². The Labute approximate surface area is 178 Å². The van der Waals surface area contributed by atoms with Gasteiger partial charge in [0.15, 0.2) is 5.96 Å². The number of thiophene rings is 1. The molecule has 0 fully saturated rings. The average molecular weight is 484 g/mol. The molecule has 2 heterocycles. The summed E-state index contributed by atoms with van der Waals surface area (Å²) in [5.74, 6) is 0.871. The van der Waals surface area contributed by atoms with Gasteiger partial charge in [0.2, 0.25) is 0 Å². The van der Waals surface area contributed by atoms with Crippen molar-refractivity contribution in [2.24, 2.45) is 4.99 Å². The van der Waals surface area contributed by atoms with Gasteiger partial charge >= 0.3 is 0 Å². The minimum absolute atomic E-state index is 0. The summed E-state index contributed by atoms with van der Waals surface area (Å²) >= 11 is 1.83. The van der Waals surface area contributed by atoms with Gasteiger partial charge in [0, 0.05) is 42.5 Å². The summed E-state index contributed by atoms with van der Waals surface area (Å²) in [7, 11) is 1.83. The topological polar surface area (TPSA) is 39.7 Å². The van der Waals surface area contributed by atoms with Crippen LogP contribution in [0.25, 0.3) is 0 Å². The molecule has 0 aliphatic carbocycles. The molecule has 0 saturated carbocycles. The van der Waals surface area contributed by atoms with E-state index >= 15 is 0 Å². The van der Waals surface area contributed by atoms with E-state index in [4.69, 9.17) is 0 Å². The van der Waals surface area contributed by atoms with Crippen LogP contribution < -0.4 is 10.6 Å². The van der Waals surface area contributed by atoms with Crippen molar-refractivity contribution in [2.45, 2.75) is 39.4 Å². The highest BCUT2D eigenvalue weighted by Gasteiger charge is 2.20. The van der Waals surface area contributed by atoms with Crippen molar-refractivity contribution >= 4 is 41.3 Å². The molecule has 0 saturated heterocycles. The number of aryl methyl sites for hydroxylation is 1. The molecule has 1 aliphatic rings. The lowest BCUT2D eigenvalue weighted by Crippen LogP contribution is -2.47. The molecule has 26 heavy (non-hydrogen) atoms. The first-order chi connectivity index (χ1) is 12.2. The highest BCUT2D eigenvalue weighted by Crippen LogP contribution is 2.20. The molecule has 1 unspecified atom stereocenters. The first-order valence-corrected chi connectivity index (χ1v) is 9.78. The van der Waals surface area contributed by atoms with Gasteiger partial charge in [-0.3, -0.25) is 9.89 Å². The molecule has 1 aliphatic heterocycles. The van der Waals surface area contributed by atoms with Crippen LogP contribution >= 0.6 is 35.3 Å². The lowest BCUT2D eigenvalue weighted by Gasteiger charge is -2.34. The lowest BCUT2D eigenvalue weighted by atomic mass is 9.99. The third-order valence-corrected chi connectivity index (χ3v) is 5.80. The van der Waals surface area contributed by atoms with E-state index in [1.54, 1.807) is 0 Å². The van der Waals surface area contributed by atoms with E-state index in [1.165, 1.54) is 20.9 Å². The molecule has 0 amide bonds. The number of hydrogen-bond donors (Lipinski definition) is 2. The van der Waals surface area contributed by atoms with Gasteiger partial charge < -0.3 is 10.6 Å². The van der Waals surface area contributed by atoms with Crippen molar-refractivity contribution in [3.63, 3.8) is 0 Å². The van der Waals surface area contributed by atoms with Crippen molar-refractivity contribution < 1.29 is 0 Å². The molecule has 2 N–H and O–H groups in total. The summed E-state index contributed by atoms with van der Waals surface area (Å²) in [5, 5.41) is 6.87. The zero-order valence-corrected chi connectivity index (χ0v) is 18.9. The van der Waals surface area contributed by atoms with Crippen molar-refractivity contribution in [3.05, 3.63) is 57.3 Å². The van der Waals surface area contributed by atoms with Gasteiger partial charge in [-0.25, -0.2) is 0 Å². The van der Waals surface area contributed by atoms with Gasteiger partial charge in [-0.15, -0.1) is 35.3 Å². The summed E-state index contributed by atoms with van der Waals surface area (Å²) in [6.07, 6.45) is 1.14. The lowest BCUT2D eigenvalue weighted by molar-refractivity contribution is 0.191. The second-order valence-electron chi connectivity index (χ2n) is 6.66. The summed E-state index contributed by atoms with van der Waals surface area (Å²) < 4.78 is 0. The molecule has 2 aromatic rings. The Morgan fingerprint density at radius 2 is 1.96 bits per heavy atom. The summed E-state index contributed by atoms with van der Waals surface area (Å²) in [5.41, 5.74) is 2.97. The maximum absolute atomic E-state index is 4.34. The first-order valence-electron chi connectivity index (χ1n) is 8.96. The van der Waals surface area contributed by atoms with Crippen LogP contribution in [0.5, 0.6) is 0 Å². The van der Waals surface area contributed by atoms with Crippen molar-refractivity contribution in [1.82, 2.24) is 15.5 Å². The number of halogens is 1. The quantitative estimate of drug-likeness (QED) is 0.386. The van der Waals surface area contributed by atoms with Crippen LogP contribution in [0.3, 0.4) is 0 Å². The monoisotopic (exact) mass is 484 g/mol. The molecular formula is C20H29IN4S. The summed E-state index contributed by atoms with van der Waals surface area (Å²) in [6.45, 7) is 8.31. The van der Waals surface area contributed by atoms with Gasteiger partial charge in [0.1, 0.15) is 0 Å². The zero-order chi connectivity index (χ0) is 17.6. The third-order valence-electron chi connectivity index (χ3n) is 4.80. The SMILES string of the molecule is CN=C(NCc1ccc(C)s1)NCC(C)N1CCc2ccccc2C1.I. The van der Waals surface area contributed by atoms with Crippen molar-refractivity contribution in [3.8, 4) is 0 Å². The second kappa shape index (κ2) is 10.3. The Balaban J connectivity index is 0.00000243. The highest BCUT2D eigenvalue weighted by atomic mass is 127. The highest BCUT2D eigenvalue weighted by molar-refractivity contribution is 14.0. The van der Waals surface area contributed by atoms with E-state index in [2.05, 4.69) is 70.8 Å². The Hall–Kier alpha value is -1.12. The first kappa shape index (κ1) is 21.2. The Kier molecular flexibility index (Phi) is 8.37. The normalized spacial score (nSPS) is 15.7. The van der Waals surface area contributed by atoms with E-state index in [-0.39, 0.29) is 24.0 Å². The molecule has 1 aromatic heterocycles. The molecule has 0 radical (unpaired) electrons. The molecule has 1 atom stereocenters. The number of aliphatic imine (C=N–C) groups is 1. The summed E-state index contributed by atoms with van der Waals surface area (Å²) in [6, 6.07) is 13.6. The number of rotatable bonds is 5. The van der Waals surface area contributed by atoms with E-state index in [0.717, 1.165) is 38.6 Å². The Morgan fingerprint density at radius 3 is 2.65 bits per heavy atom. The van der Waals surface area contributed by atoms with Crippen molar-refractivity contribution in [2.75, 3.05) is 20.1 Å².